The Balaban J connectivity index is 3.95. The van der Waals surface area contributed by atoms with Crippen LogP contribution in [0.2, 0.25) is 0 Å². The highest BCUT2D eigenvalue weighted by molar-refractivity contribution is 5.71. The number of hydrogen-bond acceptors (Lipinski definition) is 6. The van der Waals surface area contributed by atoms with Crippen molar-refractivity contribution in [2.24, 2.45) is 0 Å². The summed E-state index contributed by atoms with van der Waals surface area (Å²) in [6.07, 6.45) is 76.0. The highest BCUT2D eigenvalue weighted by Crippen LogP contribution is 2.15. The first-order valence-corrected chi connectivity index (χ1v) is 28.7. The fraction of sp³-hybridized carbons (Fsp3) is 0.698. The largest absolute Gasteiger partial charge is 0.462 e. The first-order valence-electron chi connectivity index (χ1n) is 28.7. The van der Waals surface area contributed by atoms with Crippen molar-refractivity contribution >= 4 is 17.9 Å². The molecule has 0 fully saturated rings. The maximum absolute atomic E-state index is 12.7. The van der Waals surface area contributed by atoms with E-state index in [9.17, 15) is 14.4 Å². The molecule has 0 spiro atoms. The minimum absolute atomic E-state index is 0.0790. The molecule has 0 rings (SSSR count). The van der Waals surface area contributed by atoms with Crippen molar-refractivity contribution < 1.29 is 28.6 Å². The number of allylic oxidation sites excluding steroid dienone is 16. The lowest BCUT2D eigenvalue weighted by Crippen LogP contribution is -2.30. The Bertz CT molecular complexity index is 1380. The van der Waals surface area contributed by atoms with Crippen LogP contribution in [0.4, 0.5) is 0 Å². The van der Waals surface area contributed by atoms with Crippen LogP contribution in [0.15, 0.2) is 97.2 Å². The van der Waals surface area contributed by atoms with E-state index in [0.29, 0.717) is 19.3 Å². The summed E-state index contributed by atoms with van der Waals surface area (Å²) in [4.78, 5) is 37.7. The summed E-state index contributed by atoms with van der Waals surface area (Å²) < 4.78 is 16.7. The molecular weight excluding hydrogens is 853 g/mol. The SMILES string of the molecule is CC/C=C\C/C=C\C/C=C\C/C=C\C/C=C\C/C=C\C/C=C\CCCCCCCCCCCCCCCC(=O)OCC(COC(=O)CCCCCCCC)OC(=O)CCCCCCC/C=C\CCC. The second kappa shape index (κ2) is 56.9. The molecule has 0 aromatic heterocycles. The molecule has 0 aliphatic heterocycles. The third kappa shape index (κ3) is 55.1. The molecule has 0 radical (unpaired) electrons. The van der Waals surface area contributed by atoms with Crippen LogP contribution in [0.25, 0.3) is 0 Å². The lowest BCUT2D eigenvalue weighted by atomic mass is 10.0. The van der Waals surface area contributed by atoms with Gasteiger partial charge in [-0.25, -0.2) is 0 Å². The summed E-state index contributed by atoms with van der Waals surface area (Å²) in [6, 6.07) is 0. The molecule has 6 heteroatoms. The van der Waals surface area contributed by atoms with E-state index >= 15 is 0 Å². The monoisotopic (exact) mass is 959 g/mol. The number of esters is 3. The molecular formula is C63H106O6. The fourth-order valence-corrected chi connectivity index (χ4v) is 7.78. The molecule has 0 saturated heterocycles. The average molecular weight is 960 g/mol. The molecule has 394 valence electrons. The first-order chi connectivity index (χ1) is 34.0. The second-order valence-electron chi connectivity index (χ2n) is 18.8. The lowest BCUT2D eigenvalue weighted by Gasteiger charge is -2.18. The Morgan fingerprint density at radius 1 is 0.304 bits per heavy atom. The van der Waals surface area contributed by atoms with Gasteiger partial charge in [0.25, 0.3) is 0 Å². The van der Waals surface area contributed by atoms with Gasteiger partial charge >= 0.3 is 17.9 Å². The van der Waals surface area contributed by atoms with Gasteiger partial charge in [-0.2, -0.15) is 0 Å². The van der Waals surface area contributed by atoms with Gasteiger partial charge in [0, 0.05) is 19.3 Å². The van der Waals surface area contributed by atoms with E-state index in [1.807, 2.05) is 0 Å². The molecule has 0 aromatic carbocycles. The van der Waals surface area contributed by atoms with Crippen molar-refractivity contribution in [1.29, 1.82) is 0 Å². The number of rotatable bonds is 51. The average Bonchev–Trinajstić information content (AvgIpc) is 3.35. The molecule has 0 bridgehead atoms. The van der Waals surface area contributed by atoms with Crippen molar-refractivity contribution in [3.8, 4) is 0 Å². The minimum Gasteiger partial charge on any atom is -0.462 e. The molecule has 0 aromatic rings. The number of unbranched alkanes of at least 4 members (excludes halogenated alkanes) is 24. The van der Waals surface area contributed by atoms with Gasteiger partial charge in [-0.15, -0.1) is 0 Å². The Morgan fingerprint density at radius 2 is 0.594 bits per heavy atom. The van der Waals surface area contributed by atoms with Gasteiger partial charge in [0.15, 0.2) is 6.10 Å². The van der Waals surface area contributed by atoms with E-state index in [1.54, 1.807) is 0 Å². The van der Waals surface area contributed by atoms with Crippen LogP contribution in [0.3, 0.4) is 0 Å². The molecule has 1 unspecified atom stereocenters. The van der Waals surface area contributed by atoms with Gasteiger partial charge < -0.3 is 14.2 Å². The summed E-state index contributed by atoms with van der Waals surface area (Å²) in [5, 5.41) is 0. The van der Waals surface area contributed by atoms with Gasteiger partial charge in [0.05, 0.1) is 0 Å². The van der Waals surface area contributed by atoms with Crippen molar-refractivity contribution in [2.75, 3.05) is 13.2 Å². The first kappa shape index (κ1) is 65.3. The van der Waals surface area contributed by atoms with Gasteiger partial charge in [0.1, 0.15) is 13.2 Å². The second-order valence-corrected chi connectivity index (χ2v) is 18.8. The van der Waals surface area contributed by atoms with Crippen molar-refractivity contribution in [3.05, 3.63) is 97.2 Å². The fourth-order valence-electron chi connectivity index (χ4n) is 7.78. The van der Waals surface area contributed by atoms with E-state index in [2.05, 4.69) is 118 Å². The summed E-state index contributed by atoms with van der Waals surface area (Å²) in [6.45, 7) is 6.39. The minimum atomic E-state index is -0.775. The molecule has 0 heterocycles. The maximum atomic E-state index is 12.7. The Kier molecular flexibility index (Phi) is 53.9. The van der Waals surface area contributed by atoms with Gasteiger partial charge in [-0.05, 0) is 96.3 Å². The zero-order valence-electron chi connectivity index (χ0n) is 45.0. The smallest absolute Gasteiger partial charge is 0.306 e. The standard InChI is InChI=1S/C63H106O6/c1-4-7-10-13-16-18-20-21-22-23-24-25-26-27-28-29-30-31-32-33-34-35-36-37-38-39-40-41-42-43-44-46-47-50-53-56-62(65)68-59-60(58-67-61(64)55-52-49-15-12-9-6-3)69-63(66)57-54-51-48-45-19-17-14-11-8-5-2/h7,10-11,14,16,18,21-22,24-25,27-28,30-31,33-34,60H,4-6,8-9,12-13,15,17,19-20,23,26,29,32,35-59H2,1-3H3/b10-7-,14-11-,18-16-,22-21-,25-24-,28-27-,31-30-,34-33-. The van der Waals surface area contributed by atoms with Crippen LogP contribution in [-0.2, 0) is 28.6 Å². The Hall–Kier alpha value is -3.67. The van der Waals surface area contributed by atoms with Crippen LogP contribution in [-0.4, -0.2) is 37.2 Å². The van der Waals surface area contributed by atoms with Crippen molar-refractivity contribution in [3.63, 3.8) is 0 Å². The quantitative estimate of drug-likeness (QED) is 0.0262. The van der Waals surface area contributed by atoms with Gasteiger partial charge in [0.2, 0.25) is 0 Å². The van der Waals surface area contributed by atoms with Crippen molar-refractivity contribution in [1.82, 2.24) is 0 Å². The topological polar surface area (TPSA) is 78.9 Å². The molecule has 0 N–H and O–H groups in total. The van der Waals surface area contributed by atoms with E-state index < -0.39 is 6.10 Å². The van der Waals surface area contributed by atoms with E-state index in [1.165, 1.54) is 103 Å². The molecule has 0 aliphatic carbocycles. The number of carbonyl (C=O) groups excluding carboxylic acids is 3. The number of carbonyl (C=O) groups is 3. The highest BCUT2D eigenvalue weighted by atomic mass is 16.6. The zero-order chi connectivity index (χ0) is 50.0. The molecule has 0 aliphatic rings. The molecule has 1 atom stereocenters. The summed E-state index contributed by atoms with van der Waals surface area (Å²) in [5.41, 5.74) is 0. The van der Waals surface area contributed by atoms with E-state index in [4.69, 9.17) is 14.2 Å². The third-order valence-corrected chi connectivity index (χ3v) is 12.1. The predicted molar refractivity (Wildman–Crippen MR) is 297 cm³/mol. The van der Waals surface area contributed by atoms with Crippen LogP contribution in [0.5, 0.6) is 0 Å². The number of ether oxygens (including phenoxy) is 3. The Labute approximate surface area is 426 Å². The summed E-state index contributed by atoms with van der Waals surface area (Å²) in [7, 11) is 0. The predicted octanol–water partition coefficient (Wildman–Crippen LogP) is 19.3. The van der Waals surface area contributed by atoms with E-state index in [-0.39, 0.29) is 31.1 Å². The third-order valence-electron chi connectivity index (χ3n) is 12.1. The molecule has 0 amide bonds. The lowest BCUT2D eigenvalue weighted by molar-refractivity contribution is -0.167. The Morgan fingerprint density at radius 3 is 0.957 bits per heavy atom. The maximum Gasteiger partial charge on any atom is 0.306 e. The molecule has 69 heavy (non-hydrogen) atoms. The summed E-state index contributed by atoms with van der Waals surface area (Å²) >= 11 is 0. The van der Waals surface area contributed by atoms with Gasteiger partial charge in [-0.3, -0.25) is 14.4 Å². The highest BCUT2D eigenvalue weighted by Gasteiger charge is 2.19. The zero-order valence-corrected chi connectivity index (χ0v) is 45.0. The normalized spacial score (nSPS) is 12.8. The molecule has 0 saturated carbocycles. The van der Waals surface area contributed by atoms with Crippen molar-refractivity contribution in [2.45, 2.75) is 271 Å². The van der Waals surface area contributed by atoms with Crippen LogP contribution in [0.1, 0.15) is 265 Å². The van der Waals surface area contributed by atoms with Crippen LogP contribution >= 0.6 is 0 Å². The van der Waals surface area contributed by atoms with Crippen LogP contribution in [0, 0.1) is 0 Å². The molecule has 6 nitrogen and oxygen atoms in total. The number of hydrogen-bond donors (Lipinski definition) is 0. The summed E-state index contributed by atoms with van der Waals surface area (Å²) in [5.74, 6) is -0.901. The van der Waals surface area contributed by atoms with Gasteiger partial charge in [-0.1, -0.05) is 246 Å². The van der Waals surface area contributed by atoms with E-state index in [0.717, 1.165) is 122 Å². The van der Waals surface area contributed by atoms with Crippen LogP contribution < -0.4 is 0 Å².